The molecule has 2 aliphatic rings. The SMILES string of the molecule is N#Cc1ccc(C(=O)N[C@@H](CCCN[C@@H]2C[C@H]2c2ccc(F)cc2)C(=O)N2CCC(n3ccnn3)CC2)cc1. The molecule has 2 fully saturated rings. The van der Waals surface area contributed by atoms with Gasteiger partial charge >= 0.3 is 0 Å². The molecular formula is C29H32FN7O2. The molecule has 0 unspecified atom stereocenters. The van der Waals surface area contributed by atoms with Crippen molar-refractivity contribution in [3.8, 4) is 6.07 Å². The highest BCUT2D eigenvalue weighted by atomic mass is 19.1. The monoisotopic (exact) mass is 529 g/mol. The summed E-state index contributed by atoms with van der Waals surface area (Å²) in [6, 6.07) is 15.0. The number of carbonyl (C=O) groups is 2. The maximum atomic E-state index is 13.5. The van der Waals surface area contributed by atoms with Crippen LogP contribution in [0.2, 0.25) is 0 Å². The van der Waals surface area contributed by atoms with Crippen LogP contribution in [0.5, 0.6) is 0 Å². The Morgan fingerprint density at radius 3 is 2.51 bits per heavy atom. The third-order valence-corrected chi connectivity index (χ3v) is 7.64. The number of aromatic nitrogens is 3. The highest BCUT2D eigenvalue weighted by Gasteiger charge is 2.37. The van der Waals surface area contributed by atoms with Crippen LogP contribution in [0.15, 0.2) is 60.9 Å². The van der Waals surface area contributed by atoms with Crippen LogP contribution in [0.25, 0.3) is 0 Å². The number of hydrogen-bond acceptors (Lipinski definition) is 6. The molecule has 0 bridgehead atoms. The summed E-state index contributed by atoms with van der Waals surface area (Å²) in [5.74, 6) is -0.262. The van der Waals surface area contributed by atoms with Crippen molar-refractivity contribution in [2.45, 2.75) is 56.1 Å². The van der Waals surface area contributed by atoms with E-state index in [9.17, 15) is 14.0 Å². The van der Waals surface area contributed by atoms with E-state index >= 15 is 0 Å². The maximum Gasteiger partial charge on any atom is 0.251 e. The zero-order valence-corrected chi connectivity index (χ0v) is 21.7. The quantitative estimate of drug-likeness (QED) is 0.390. The number of halogens is 1. The molecule has 1 aliphatic heterocycles. The molecule has 1 aliphatic carbocycles. The minimum atomic E-state index is -0.648. The average Bonchev–Trinajstić information content (AvgIpc) is 3.53. The molecule has 0 radical (unpaired) electrons. The molecule has 9 nitrogen and oxygen atoms in total. The molecule has 1 aromatic heterocycles. The highest BCUT2D eigenvalue weighted by molar-refractivity contribution is 5.97. The second-order valence-corrected chi connectivity index (χ2v) is 10.3. The Morgan fingerprint density at radius 2 is 1.85 bits per heavy atom. The average molecular weight is 530 g/mol. The van der Waals surface area contributed by atoms with Gasteiger partial charge in [-0.1, -0.05) is 17.3 Å². The normalized spacial score (nSPS) is 19.7. The molecule has 39 heavy (non-hydrogen) atoms. The fourth-order valence-electron chi connectivity index (χ4n) is 5.27. The summed E-state index contributed by atoms with van der Waals surface area (Å²) in [6.45, 7) is 1.89. The Balaban J connectivity index is 1.16. The van der Waals surface area contributed by atoms with E-state index in [1.54, 1.807) is 30.5 Å². The van der Waals surface area contributed by atoms with Gasteiger partial charge in [0.05, 0.1) is 23.9 Å². The van der Waals surface area contributed by atoms with Gasteiger partial charge in [0.2, 0.25) is 5.91 Å². The standard InChI is InChI=1S/C29H32FN7O2/c30-23-9-7-21(8-10-23)25-18-27(25)32-13-1-2-26(34-28(38)22-5-3-20(19-31)4-6-22)29(39)36-15-11-24(12-16-36)37-17-14-33-35-37/h3-10,14,17,24-27,32H,1-2,11-13,15-16,18H2,(H,34,38)/t25-,26-,27+/m0/s1. The number of likely N-dealkylation sites (tertiary alicyclic amines) is 1. The predicted molar refractivity (Wildman–Crippen MR) is 142 cm³/mol. The zero-order chi connectivity index (χ0) is 27.2. The number of nitriles is 1. The Hall–Kier alpha value is -4.10. The van der Waals surface area contributed by atoms with E-state index in [1.807, 2.05) is 34.0 Å². The van der Waals surface area contributed by atoms with Crippen LogP contribution < -0.4 is 10.6 Å². The van der Waals surface area contributed by atoms with Gasteiger partial charge in [0, 0.05) is 36.8 Å². The van der Waals surface area contributed by atoms with Gasteiger partial charge in [-0.25, -0.2) is 9.07 Å². The number of carbonyl (C=O) groups excluding carboxylic acids is 2. The number of hydrogen-bond donors (Lipinski definition) is 2. The predicted octanol–water partition coefficient (Wildman–Crippen LogP) is 3.18. The van der Waals surface area contributed by atoms with Gasteiger partial charge < -0.3 is 15.5 Å². The molecule has 1 saturated heterocycles. The van der Waals surface area contributed by atoms with Crippen molar-refractivity contribution in [1.29, 1.82) is 5.26 Å². The summed E-state index contributed by atoms with van der Waals surface area (Å²) < 4.78 is 15.1. The molecule has 2 amide bonds. The van der Waals surface area contributed by atoms with Crippen molar-refractivity contribution in [2.24, 2.45) is 0 Å². The highest BCUT2D eigenvalue weighted by Crippen LogP contribution is 2.40. The van der Waals surface area contributed by atoms with Crippen molar-refractivity contribution in [3.63, 3.8) is 0 Å². The zero-order valence-electron chi connectivity index (χ0n) is 21.7. The number of rotatable bonds is 10. The lowest BCUT2D eigenvalue weighted by Crippen LogP contribution is -2.51. The van der Waals surface area contributed by atoms with Crippen LogP contribution in [-0.4, -0.2) is 63.4 Å². The third-order valence-electron chi connectivity index (χ3n) is 7.64. The van der Waals surface area contributed by atoms with E-state index in [-0.39, 0.29) is 23.7 Å². The van der Waals surface area contributed by atoms with E-state index < -0.39 is 6.04 Å². The van der Waals surface area contributed by atoms with Gasteiger partial charge in [-0.05, 0) is 80.6 Å². The second kappa shape index (κ2) is 12.2. The second-order valence-electron chi connectivity index (χ2n) is 10.3. The van der Waals surface area contributed by atoms with Crippen LogP contribution in [0.4, 0.5) is 4.39 Å². The molecule has 2 N–H and O–H groups in total. The molecule has 10 heteroatoms. The minimum absolute atomic E-state index is 0.0790. The number of benzene rings is 2. The topological polar surface area (TPSA) is 116 Å². The lowest BCUT2D eigenvalue weighted by atomic mass is 10.0. The molecule has 5 rings (SSSR count). The fraction of sp³-hybridized carbons (Fsp3) is 0.414. The van der Waals surface area contributed by atoms with E-state index in [1.165, 1.54) is 12.1 Å². The van der Waals surface area contributed by atoms with Crippen LogP contribution >= 0.6 is 0 Å². The van der Waals surface area contributed by atoms with E-state index in [2.05, 4.69) is 20.9 Å². The minimum Gasteiger partial charge on any atom is -0.341 e. The smallest absolute Gasteiger partial charge is 0.251 e. The summed E-state index contributed by atoms with van der Waals surface area (Å²) in [4.78, 5) is 28.4. The first-order valence-corrected chi connectivity index (χ1v) is 13.5. The lowest BCUT2D eigenvalue weighted by molar-refractivity contribution is -0.134. The van der Waals surface area contributed by atoms with Gasteiger partial charge in [-0.15, -0.1) is 5.10 Å². The summed E-state index contributed by atoms with van der Waals surface area (Å²) in [5, 5.41) is 23.5. The van der Waals surface area contributed by atoms with Crippen molar-refractivity contribution >= 4 is 11.8 Å². The third kappa shape index (κ3) is 6.67. The van der Waals surface area contributed by atoms with Crippen molar-refractivity contribution in [2.75, 3.05) is 19.6 Å². The Kier molecular flexibility index (Phi) is 8.27. The first-order chi connectivity index (χ1) is 19.0. The van der Waals surface area contributed by atoms with Crippen molar-refractivity contribution in [1.82, 2.24) is 30.5 Å². The van der Waals surface area contributed by atoms with Crippen molar-refractivity contribution < 1.29 is 14.0 Å². The molecule has 0 spiro atoms. The van der Waals surface area contributed by atoms with Crippen molar-refractivity contribution in [3.05, 3.63) is 83.4 Å². The van der Waals surface area contributed by atoms with E-state index in [0.29, 0.717) is 55.6 Å². The summed E-state index contributed by atoms with van der Waals surface area (Å²) in [5.41, 5.74) is 2.01. The van der Waals surface area contributed by atoms with Crippen LogP contribution in [0.3, 0.4) is 0 Å². The van der Waals surface area contributed by atoms with Gasteiger partial charge in [0.1, 0.15) is 11.9 Å². The van der Waals surface area contributed by atoms with E-state index in [4.69, 9.17) is 5.26 Å². The van der Waals surface area contributed by atoms with Gasteiger partial charge in [0.15, 0.2) is 0 Å². The summed E-state index contributed by atoms with van der Waals surface area (Å²) >= 11 is 0. The van der Waals surface area contributed by atoms with Gasteiger partial charge in [0.25, 0.3) is 5.91 Å². The first kappa shape index (κ1) is 26.5. The summed E-state index contributed by atoms with van der Waals surface area (Å²) in [6.07, 6.45) is 7.28. The molecular weight excluding hydrogens is 497 g/mol. The number of nitrogens with one attached hydrogen (secondary N) is 2. The number of nitrogens with zero attached hydrogens (tertiary/aromatic N) is 5. The molecule has 3 atom stereocenters. The number of piperidine rings is 1. The Morgan fingerprint density at radius 1 is 1.10 bits per heavy atom. The maximum absolute atomic E-state index is 13.5. The van der Waals surface area contributed by atoms with E-state index in [0.717, 1.165) is 24.8 Å². The molecule has 2 aromatic carbocycles. The molecule has 1 saturated carbocycles. The van der Waals surface area contributed by atoms with Crippen LogP contribution in [0.1, 0.15) is 65.5 Å². The molecule has 202 valence electrons. The Labute approximate surface area is 227 Å². The van der Waals surface area contributed by atoms with Crippen LogP contribution in [-0.2, 0) is 4.79 Å². The number of amides is 2. The first-order valence-electron chi connectivity index (χ1n) is 13.5. The van der Waals surface area contributed by atoms with Crippen LogP contribution in [0, 0.1) is 17.1 Å². The molecule has 2 heterocycles. The molecule has 3 aromatic rings. The fourth-order valence-corrected chi connectivity index (χ4v) is 5.27. The Bertz CT molecular complexity index is 1300. The largest absolute Gasteiger partial charge is 0.341 e. The summed E-state index contributed by atoms with van der Waals surface area (Å²) in [7, 11) is 0. The van der Waals surface area contributed by atoms with Gasteiger partial charge in [-0.3, -0.25) is 9.59 Å². The van der Waals surface area contributed by atoms with Gasteiger partial charge in [-0.2, -0.15) is 5.26 Å². The lowest BCUT2D eigenvalue weighted by Gasteiger charge is -2.34.